The minimum Gasteiger partial charge on any atom is -0.370 e. The molecule has 0 bridgehead atoms. The molecule has 0 aromatic carbocycles. The number of carbonyl (C=O) groups is 1. The first-order valence-electron chi connectivity index (χ1n) is 9.83. The summed E-state index contributed by atoms with van der Waals surface area (Å²) in [6.45, 7) is 6.73. The van der Waals surface area contributed by atoms with E-state index in [1.165, 1.54) is 0 Å². The minimum absolute atomic E-state index is 0.0343. The third-order valence-electron chi connectivity index (χ3n) is 5.15. The van der Waals surface area contributed by atoms with E-state index in [-0.39, 0.29) is 11.8 Å². The number of nitrogens with zero attached hydrogens (tertiary/aromatic N) is 4. The minimum atomic E-state index is 0.0343. The van der Waals surface area contributed by atoms with E-state index in [1.807, 2.05) is 38.6 Å². The maximum absolute atomic E-state index is 12.1. The first-order valence-corrected chi connectivity index (χ1v) is 9.83. The molecule has 0 aliphatic heterocycles. The van der Waals surface area contributed by atoms with Crippen LogP contribution in [-0.2, 0) is 11.8 Å². The molecule has 1 aliphatic carbocycles. The Morgan fingerprint density at radius 2 is 2.00 bits per heavy atom. The van der Waals surface area contributed by atoms with E-state index in [9.17, 15) is 4.79 Å². The van der Waals surface area contributed by atoms with Crippen molar-refractivity contribution in [1.29, 1.82) is 0 Å². The zero-order valence-corrected chi connectivity index (χ0v) is 17.1. The molecule has 29 heavy (non-hydrogen) atoms. The SMILES string of the molecule is CCNc1ncc(C#Cc2c(C)nn(C)c2C)c2cc(NC(=O)C3CC3)ncc12. The van der Waals surface area contributed by atoms with Gasteiger partial charge in [0.1, 0.15) is 11.6 Å². The molecule has 4 rings (SSSR count). The van der Waals surface area contributed by atoms with Crippen LogP contribution < -0.4 is 10.6 Å². The quantitative estimate of drug-likeness (QED) is 0.671. The molecular weight excluding hydrogens is 364 g/mol. The van der Waals surface area contributed by atoms with Crippen LogP contribution in [0.1, 0.15) is 42.3 Å². The van der Waals surface area contributed by atoms with Crippen molar-refractivity contribution in [3.8, 4) is 11.8 Å². The van der Waals surface area contributed by atoms with Crippen LogP contribution in [0, 0.1) is 31.6 Å². The van der Waals surface area contributed by atoms with Gasteiger partial charge < -0.3 is 10.6 Å². The third-order valence-corrected chi connectivity index (χ3v) is 5.15. The van der Waals surface area contributed by atoms with Crippen molar-refractivity contribution < 1.29 is 4.79 Å². The largest absolute Gasteiger partial charge is 0.370 e. The molecule has 0 atom stereocenters. The monoisotopic (exact) mass is 388 g/mol. The van der Waals surface area contributed by atoms with Gasteiger partial charge in [0.05, 0.1) is 22.5 Å². The van der Waals surface area contributed by atoms with Gasteiger partial charge in [-0.1, -0.05) is 11.8 Å². The van der Waals surface area contributed by atoms with Crippen LogP contribution in [0.15, 0.2) is 18.5 Å². The summed E-state index contributed by atoms with van der Waals surface area (Å²) in [6.07, 6.45) is 5.42. The summed E-state index contributed by atoms with van der Waals surface area (Å²) >= 11 is 0. The van der Waals surface area contributed by atoms with Gasteiger partial charge in [-0.25, -0.2) is 9.97 Å². The molecule has 148 valence electrons. The molecule has 0 saturated heterocycles. The predicted octanol–water partition coefficient (Wildman–Crippen LogP) is 3.16. The summed E-state index contributed by atoms with van der Waals surface area (Å²) in [6, 6.07) is 1.88. The van der Waals surface area contributed by atoms with Gasteiger partial charge in [0.25, 0.3) is 0 Å². The Hall–Kier alpha value is -3.40. The third kappa shape index (κ3) is 3.79. The Bertz CT molecular complexity index is 1160. The van der Waals surface area contributed by atoms with Crippen molar-refractivity contribution in [2.45, 2.75) is 33.6 Å². The lowest BCUT2D eigenvalue weighted by molar-refractivity contribution is -0.117. The molecule has 0 unspecified atom stereocenters. The summed E-state index contributed by atoms with van der Waals surface area (Å²) in [7, 11) is 1.91. The number of aromatic nitrogens is 4. The van der Waals surface area contributed by atoms with E-state index in [1.54, 1.807) is 12.4 Å². The Labute approximate surface area is 169 Å². The number of aryl methyl sites for hydroxylation is 2. The molecule has 1 fully saturated rings. The Kier molecular flexibility index (Phi) is 4.93. The van der Waals surface area contributed by atoms with Crippen LogP contribution in [0.25, 0.3) is 10.8 Å². The van der Waals surface area contributed by atoms with E-state index in [2.05, 4.69) is 37.5 Å². The Morgan fingerprint density at radius 1 is 1.21 bits per heavy atom. The number of carbonyl (C=O) groups excluding carboxylic acids is 1. The fourth-order valence-electron chi connectivity index (χ4n) is 3.27. The van der Waals surface area contributed by atoms with Gasteiger partial charge in [0, 0.05) is 42.7 Å². The van der Waals surface area contributed by atoms with Crippen LogP contribution in [-0.4, -0.2) is 32.2 Å². The lowest BCUT2D eigenvalue weighted by Gasteiger charge is -2.10. The molecular formula is C22H24N6O. The van der Waals surface area contributed by atoms with E-state index < -0.39 is 0 Å². The first kappa shape index (κ1) is 18.9. The van der Waals surface area contributed by atoms with Crippen LogP contribution in [0.5, 0.6) is 0 Å². The zero-order chi connectivity index (χ0) is 20.5. The molecule has 3 aromatic rings. The maximum atomic E-state index is 12.1. The highest BCUT2D eigenvalue weighted by molar-refractivity contribution is 5.99. The van der Waals surface area contributed by atoms with Crippen LogP contribution in [0.2, 0.25) is 0 Å². The summed E-state index contributed by atoms with van der Waals surface area (Å²) in [4.78, 5) is 21.1. The summed E-state index contributed by atoms with van der Waals surface area (Å²) in [5.74, 6) is 7.96. The maximum Gasteiger partial charge on any atom is 0.228 e. The van der Waals surface area contributed by atoms with Gasteiger partial charge in [-0.3, -0.25) is 9.48 Å². The number of nitrogens with one attached hydrogen (secondary N) is 2. The molecule has 2 N–H and O–H groups in total. The summed E-state index contributed by atoms with van der Waals surface area (Å²) < 4.78 is 1.83. The van der Waals surface area contributed by atoms with Gasteiger partial charge in [-0.15, -0.1) is 0 Å². The molecule has 0 spiro atoms. The number of pyridine rings is 2. The standard InChI is InChI=1S/C22H24N6O/c1-5-23-21-19-12-24-20(26-22(29)15-6-7-15)10-18(19)16(11-25-21)8-9-17-13(2)27-28(4)14(17)3/h10-12,15H,5-7H2,1-4H3,(H,23,25)(H,24,26,29). The van der Waals surface area contributed by atoms with Gasteiger partial charge >= 0.3 is 0 Å². The Balaban J connectivity index is 1.79. The van der Waals surface area contributed by atoms with E-state index in [0.717, 1.165) is 58.5 Å². The van der Waals surface area contributed by atoms with Gasteiger partial charge in [-0.2, -0.15) is 5.10 Å². The highest BCUT2D eigenvalue weighted by Crippen LogP contribution is 2.31. The van der Waals surface area contributed by atoms with Gasteiger partial charge in [-0.05, 0) is 39.7 Å². The second-order valence-electron chi connectivity index (χ2n) is 7.35. The Morgan fingerprint density at radius 3 is 2.66 bits per heavy atom. The van der Waals surface area contributed by atoms with Crippen LogP contribution >= 0.6 is 0 Å². The number of amides is 1. The average molecular weight is 388 g/mol. The molecule has 1 aliphatic rings. The predicted molar refractivity (Wildman–Crippen MR) is 114 cm³/mol. The highest BCUT2D eigenvalue weighted by Gasteiger charge is 2.29. The van der Waals surface area contributed by atoms with E-state index in [0.29, 0.717) is 5.82 Å². The second-order valence-corrected chi connectivity index (χ2v) is 7.35. The fourth-order valence-corrected chi connectivity index (χ4v) is 3.27. The zero-order valence-electron chi connectivity index (χ0n) is 17.1. The smallest absolute Gasteiger partial charge is 0.228 e. The van der Waals surface area contributed by atoms with Crippen molar-refractivity contribution in [3.63, 3.8) is 0 Å². The normalized spacial score (nSPS) is 13.1. The fraction of sp³-hybridized carbons (Fsp3) is 0.364. The van der Waals surface area contributed by atoms with E-state index in [4.69, 9.17) is 0 Å². The molecule has 0 radical (unpaired) electrons. The van der Waals surface area contributed by atoms with Crippen molar-refractivity contribution >= 4 is 28.3 Å². The van der Waals surface area contributed by atoms with Crippen molar-refractivity contribution in [3.05, 3.63) is 41.0 Å². The lowest BCUT2D eigenvalue weighted by Crippen LogP contribution is -2.14. The number of fused-ring (bicyclic) bond motifs is 1. The molecule has 3 heterocycles. The lowest BCUT2D eigenvalue weighted by atomic mass is 10.1. The molecule has 1 saturated carbocycles. The van der Waals surface area contributed by atoms with Gasteiger partial charge in [0.15, 0.2) is 0 Å². The first-order chi connectivity index (χ1) is 14.0. The van der Waals surface area contributed by atoms with Crippen LogP contribution in [0.3, 0.4) is 0 Å². The van der Waals surface area contributed by atoms with Crippen molar-refractivity contribution in [1.82, 2.24) is 19.7 Å². The molecule has 7 heteroatoms. The summed E-state index contributed by atoms with van der Waals surface area (Å²) in [5, 5.41) is 12.4. The van der Waals surface area contributed by atoms with E-state index >= 15 is 0 Å². The topological polar surface area (TPSA) is 84.7 Å². The molecule has 1 amide bonds. The number of rotatable bonds is 4. The number of anilines is 2. The van der Waals surface area contributed by atoms with Crippen molar-refractivity contribution in [2.75, 3.05) is 17.2 Å². The summed E-state index contributed by atoms with van der Waals surface area (Å²) in [5.41, 5.74) is 3.63. The van der Waals surface area contributed by atoms with Gasteiger partial charge in [0.2, 0.25) is 5.91 Å². The molecule has 7 nitrogen and oxygen atoms in total. The average Bonchev–Trinajstić information content (AvgIpc) is 3.51. The number of hydrogen-bond donors (Lipinski definition) is 2. The van der Waals surface area contributed by atoms with Crippen LogP contribution in [0.4, 0.5) is 11.6 Å². The second kappa shape index (κ2) is 7.55. The van der Waals surface area contributed by atoms with Crippen molar-refractivity contribution in [2.24, 2.45) is 13.0 Å². The highest BCUT2D eigenvalue weighted by atomic mass is 16.2. The number of hydrogen-bond acceptors (Lipinski definition) is 5. The molecule has 3 aromatic heterocycles.